The number of hydrogen-bond donors (Lipinski definition) is 3. The van der Waals surface area contributed by atoms with E-state index in [9.17, 15) is 29.1 Å². The molecule has 3 aromatic rings. The number of nitrogens with zero attached hydrogens (tertiary/aromatic N) is 1. The van der Waals surface area contributed by atoms with Crippen molar-refractivity contribution < 1.29 is 29.0 Å². The zero-order valence-corrected chi connectivity index (χ0v) is 26.0. The second-order valence-corrected chi connectivity index (χ2v) is 14.6. The lowest BCUT2D eigenvalue weighted by Gasteiger charge is -2.43. The maximum absolute atomic E-state index is 13.5. The number of aryl methyl sites for hydroxylation is 1. The highest BCUT2D eigenvalue weighted by Crippen LogP contribution is 2.69. The largest absolute Gasteiger partial charge is 0.483 e. The summed E-state index contributed by atoms with van der Waals surface area (Å²) in [5.41, 5.74) is 2.47. The molecule has 43 heavy (non-hydrogen) atoms. The van der Waals surface area contributed by atoms with Crippen molar-refractivity contribution in [1.29, 1.82) is 0 Å². The number of amides is 3. The predicted molar refractivity (Wildman–Crippen MR) is 162 cm³/mol. The summed E-state index contributed by atoms with van der Waals surface area (Å²) in [7, 11) is 0. The number of carbonyl (C=O) groups excluding carboxylic acids is 3. The lowest BCUT2D eigenvalue weighted by Crippen LogP contribution is -2.42. The van der Waals surface area contributed by atoms with Gasteiger partial charge in [-0.1, -0.05) is 39.4 Å². The Hall–Kier alpha value is -3.42. The molecular formula is C30H26BrN3O7S2. The number of likely N-dealkylation sites (tertiary alicyclic amines) is 1. The number of carboxylic acid groups (broad SMARTS) is 1. The van der Waals surface area contributed by atoms with Gasteiger partial charge in [0.25, 0.3) is 5.91 Å². The molecule has 2 aromatic carbocycles. The minimum absolute atomic E-state index is 0.0630. The van der Waals surface area contributed by atoms with Gasteiger partial charge in [0, 0.05) is 31.8 Å². The van der Waals surface area contributed by atoms with Crippen LogP contribution < -0.4 is 14.9 Å². The number of aromatic nitrogens is 1. The average molecular weight is 685 g/mol. The summed E-state index contributed by atoms with van der Waals surface area (Å²) in [6, 6.07) is 13.0. The van der Waals surface area contributed by atoms with E-state index in [4.69, 9.17) is 4.74 Å². The molecule has 2 bridgehead atoms. The van der Waals surface area contributed by atoms with Crippen LogP contribution in [0.5, 0.6) is 5.75 Å². The summed E-state index contributed by atoms with van der Waals surface area (Å²) in [6.07, 6.45) is 0.675. The number of aromatic amines is 1. The minimum Gasteiger partial charge on any atom is -0.483 e. The van der Waals surface area contributed by atoms with Gasteiger partial charge < -0.3 is 20.1 Å². The second kappa shape index (κ2) is 10.6. The number of H-pyrrole nitrogens is 1. The monoisotopic (exact) mass is 683 g/mol. The predicted octanol–water partition coefficient (Wildman–Crippen LogP) is 4.08. The quantitative estimate of drug-likeness (QED) is 0.316. The molecule has 3 fully saturated rings. The Morgan fingerprint density at radius 1 is 1.12 bits per heavy atom. The van der Waals surface area contributed by atoms with E-state index in [1.807, 2.05) is 37.3 Å². The molecule has 13 heteroatoms. The molecule has 1 saturated heterocycles. The van der Waals surface area contributed by atoms with Gasteiger partial charge in [-0.05, 0) is 67.0 Å². The Labute approximate surface area is 262 Å². The fourth-order valence-corrected chi connectivity index (χ4v) is 10.9. The molecule has 10 nitrogen and oxygen atoms in total. The van der Waals surface area contributed by atoms with Crippen molar-refractivity contribution >= 4 is 68.4 Å². The molecule has 2 aliphatic carbocycles. The molecule has 7 atom stereocenters. The molecule has 1 aromatic heterocycles. The van der Waals surface area contributed by atoms with E-state index in [0.29, 0.717) is 17.9 Å². The van der Waals surface area contributed by atoms with E-state index in [-0.39, 0.29) is 46.3 Å². The Kier molecular flexibility index (Phi) is 7.01. The Bertz CT molecular complexity index is 1750. The third kappa shape index (κ3) is 4.72. The normalized spacial score (nSPS) is 28.4. The molecule has 3 N–H and O–H groups in total. The number of anilines is 1. The lowest BCUT2D eigenvalue weighted by molar-refractivity contribution is -0.149. The van der Waals surface area contributed by atoms with Gasteiger partial charge in [0.15, 0.2) is 6.61 Å². The van der Waals surface area contributed by atoms with Crippen LogP contribution in [0.15, 0.2) is 56.8 Å². The smallest absolute Gasteiger partial charge is 0.323 e. The molecule has 2 saturated carbocycles. The van der Waals surface area contributed by atoms with Gasteiger partial charge in [0.05, 0.1) is 16.9 Å². The van der Waals surface area contributed by atoms with Gasteiger partial charge >= 0.3 is 10.8 Å². The van der Waals surface area contributed by atoms with Crippen LogP contribution in [0, 0.1) is 36.5 Å². The molecule has 0 radical (unpaired) electrons. The van der Waals surface area contributed by atoms with Gasteiger partial charge in [0.2, 0.25) is 11.8 Å². The first-order valence-corrected chi connectivity index (χ1v) is 16.3. The number of fused-ring (bicyclic) bond motifs is 9. The van der Waals surface area contributed by atoms with Crippen LogP contribution in [0.25, 0.3) is 0 Å². The number of nitrogens with one attached hydrogen (secondary N) is 2. The molecule has 3 heterocycles. The van der Waals surface area contributed by atoms with E-state index in [0.717, 1.165) is 41.7 Å². The topological polar surface area (TPSA) is 146 Å². The standard InChI is InChI=1S/C30H26BrN3O7S2/c1-12-3-2-4-14(7-12)32-19(35)11-41-18-6-5-13(31)8-15(18)21-22-16-9-17(25(22)42-27-26(21)43-30(40)33-27)24-23(16)28(38)34(29(24)39)10-20(36)37/h2-8,16-17,21-25H,9-11H2,1H3,(H,32,35)(H,33,40)(H,36,37)/t16?,17?,21-,22?,23?,24?,25?/m1/s1. The van der Waals surface area contributed by atoms with Crippen LogP contribution in [-0.4, -0.2) is 57.1 Å². The third-order valence-corrected chi connectivity index (χ3v) is 12.2. The zero-order valence-electron chi connectivity index (χ0n) is 22.7. The fourth-order valence-electron chi connectivity index (χ4n) is 7.67. The average Bonchev–Trinajstić information content (AvgIpc) is 3.68. The summed E-state index contributed by atoms with van der Waals surface area (Å²) in [6.45, 7) is 1.07. The number of hydrogen-bond acceptors (Lipinski definition) is 8. The van der Waals surface area contributed by atoms with Crippen molar-refractivity contribution in [3.8, 4) is 5.75 Å². The van der Waals surface area contributed by atoms with E-state index in [1.165, 1.54) is 0 Å². The molecule has 3 amide bonds. The van der Waals surface area contributed by atoms with Crippen LogP contribution in [0.2, 0.25) is 0 Å². The number of halogens is 1. The summed E-state index contributed by atoms with van der Waals surface area (Å²) in [5, 5.41) is 12.9. The Morgan fingerprint density at radius 3 is 2.63 bits per heavy atom. The van der Waals surface area contributed by atoms with Crippen LogP contribution in [0.1, 0.15) is 28.3 Å². The molecule has 6 unspecified atom stereocenters. The number of thiazole rings is 1. The highest BCUT2D eigenvalue weighted by molar-refractivity contribution is 9.10. The zero-order chi connectivity index (χ0) is 30.2. The van der Waals surface area contributed by atoms with Gasteiger partial charge in [-0.15, -0.1) is 11.8 Å². The van der Waals surface area contributed by atoms with Crippen molar-refractivity contribution in [2.24, 2.45) is 29.6 Å². The van der Waals surface area contributed by atoms with Crippen molar-refractivity contribution in [3.63, 3.8) is 0 Å². The first-order valence-electron chi connectivity index (χ1n) is 13.9. The van der Waals surface area contributed by atoms with E-state index in [1.54, 1.807) is 23.9 Å². The SMILES string of the molecule is Cc1cccc(NC(=O)COc2ccc(Br)cc2[C@H]2c3sc(=O)[nH]c3SC3C4CC(C5C(=O)N(CC(=O)O)C(=O)C45)C32)c1. The number of rotatable bonds is 7. The summed E-state index contributed by atoms with van der Waals surface area (Å²) in [4.78, 5) is 68.2. The number of carbonyl (C=O) groups is 4. The minimum atomic E-state index is -1.22. The number of aliphatic carboxylic acids is 1. The van der Waals surface area contributed by atoms with Crippen molar-refractivity contribution in [3.05, 3.63) is 72.6 Å². The van der Waals surface area contributed by atoms with Gasteiger partial charge in [-0.3, -0.25) is 28.9 Å². The number of benzene rings is 2. The Balaban J connectivity index is 1.23. The highest BCUT2D eigenvalue weighted by Gasteiger charge is 2.69. The van der Waals surface area contributed by atoms with E-state index in [2.05, 4.69) is 26.2 Å². The second-order valence-electron chi connectivity index (χ2n) is 11.5. The van der Waals surface area contributed by atoms with E-state index < -0.39 is 36.2 Å². The summed E-state index contributed by atoms with van der Waals surface area (Å²) >= 11 is 6.25. The Morgan fingerprint density at radius 2 is 1.88 bits per heavy atom. The van der Waals surface area contributed by atoms with Crippen LogP contribution in [0.3, 0.4) is 0 Å². The van der Waals surface area contributed by atoms with Gasteiger partial charge in [-0.2, -0.15) is 0 Å². The molecule has 2 aliphatic heterocycles. The van der Waals surface area contributed by atoms with Crippen LogP contribution in [-0.2, 0) is 19.2 Å². The lowest BCUT2D eigenvalue weighted by atomic mass is 9.68. The number of imide groups is 1. The summed E-state index contributed by atoms with van der Waals surface area (Å²) in [5.74, 6) is -3.75. The van der Waals surface area contributed by atoms with Crippen molar-refractivity contribution in [2.45, 2.75) is 29.5 Å². The summed E-state index contributed by atoms with van der Waals surface area (Å²) < 4.78 is 6.92. The van der Waals surface area contributed by atoms with Crippen molar-refractivity contribution in [1.82, 2.24) is 9.88 Å². The molecule has 4 aliphatic rings. The third-order valence-electron chi connectivity index (χ3n) is 9.08. The number of carboxylic acids is 1. The molecule has 7 rings (SSSR count). The number of thioether (sulfide) groups is 1. The van der Waals surface area contributed by atoms with E-state index >= 15 is 0 Å². The first kappa shape index (κ1) is 28.4. The maximum Gasteiger partial charge on any atom is 0.323 e. The first-order chi connectivity index (χ1) is 20.6. The van der Waals surface area contributed by atoms with Gasteiger partial charge in [0.1, 0.15) is 12.3 Å². The molecular weight excluding hydrogens is 658 g/mol. The number of ether oxygens (including phenoxy) is 1. The van der Waals surface area contributed by atoms with Crippen LogP contribution in [0.4, 0.5) is 5.69 Å². The van der Waals surface area contributed by atoms with Crippen LogP contribution >= 0.6 is 39.0 Å². The van der Waals surface area contributed by atoms with Crippen molar-refractivity contribution in [2.75, 3.05) is 18.5 Å². The highest BCUT2D eigenvalue weighted by atomic mass is 79.9. The fraction of sp³-hybridized carbons (Fsp3) is 0.367. The molecule has 222 valence electrons. The molecule has 0 spiro atoms. The maximum atomic E-state index is 13.5. The van der Waals surface area contributed by atoms with Gasteiger partial charge in [-0.25, -0.2) is 0 Å².